The van der Waals surface area contributed by atoms with Crippen LogP contribution >= 0.6 is 11.5 Å². The highest BCUT2D eigenvalue weighted by Crippen LogP contribution is 2.40. The molecule has 0 fully saturated rings. The van der Waals surface area contributed by atoms with Gasteiger partial charge in [-0.2, -0.15) is 0 Å². The summed E-state index contributed by atoms with van der Waals surface area (Å²) >= 11 is 1.36. The van der Waals surface area contributed by atoms with E-state index >= 15 is 0 Å². The van der Waals surface area contributed by atoms with Crippen LogP contribution in [0.25, 0.3) is 32.8 Å². The van der Waals surface area contributed by atoms with Gasteiger partial charge in [-0.05, 0) is 55.2 Å². The Kier molecular flexibility index (Phi) is 2.49. The fourth-order valence-electron chi connectivity index (χ4n) is 3.03. The van der Waals surface area contributed by atoms with E-state index in [4.69, 9.17) is 4.42 Å². The van der Waals surface area contributed by atoms with Crippen LogP contribution < -0.4 is 5.32 Å². The molecule has 1 N–H and O–H groups in total. The van der Waals surface area contributed by atoms with Gasteiger partial charge in [-0.15, -0.1) is 5.10 Å². The summed E-state index contributed by atoms with van der Waals surface area (Å²) in [6, 6.07) is 9.61. The number of benzene rings is 2. The zero-order valence-corrected chi connectivity index (χ0v) is 13.8. The number of nitrogens with zero attached hydrogens (tertiary/aromatic N) is 3. The molecule has 1 amide bonds. The molecule has 2 aromatic heterocycles. The summed E-state index contributed by atoms with van der Waals surface area (Å²) in [6.07, 6.45) is 0. The molecule has 4 aromatic rings. The van der Waals surface area contributed by atoms with Gasteiger partial charge in [-0.3, -0.25) is 4.79 Å². The van der Waals surface area contributed by atoms with E-state index in [1.165, 1.54) is 11.5 Å². The Bertz CT molecular complexity index is 1140. The van der Waals surface area contributed by atoms with E-state index in [0.717, 1.165) is 32.5 Å². The second-order valence-electron chi connectivity index (χ2n) is 6.42. The summed E-state index contributed by atoms with van der Waals surface area (Å²) in [5.74, 6) is 0.527. The van der Waals surface area contributed by atoms with Gasteiger partial charge in [0, 0.05) is 17.3 Å². The number of fused-ring (bicyclic) bond motifs is 3. The van der Waals surface area contributed by atoms with Crippen molar-refractivity contribution in [3.8, 4) is 11.5 Å². The van der Waals surface area contributed by atoms with E-state index in [1.807, 2.05) is 44.2 Å². The van der Waals surface area contributed by atoms with E-state index in [9.17, 15) is 4.79 Å². The number of hydrogen-bond donors (Lipinski definition) is 1. The molecule has 1 aliphatic heterocycles. The summed E-state index contributed by atoms with van der Waals surface area (Å²) in [5.41, 5.74) is 4.25. The first-order chi connectivity index (χ1) is 11.5. The van der Waals surface area contributed by atoms with Gasteiger partial charge >= 0.3 is 0 Å². The minimum atomic E-state index is -0.562. The van der Waals surface area contributed by atoms with Crippen LogP contribution in [0, 0.1) is 0 Å². The Morgan fingerprint density at radius 3 is 2.92 bits per heavy atom. The maximum absolute atomic E-state index is 12.1. The highest BCUT2D eigenvalue weighted by molar-refractivity contribution is 7.12. The Morgan fingerprint density at radius 1 is 1.17 bits per heavy atom. The van der Waals surface area contributed by atoms with Gasteiger partial charge in [0.1, 0.15) is 11.0 Å². The molecular formula is C17H12N4O2S. The predicted molar refractivity (Wildman–Crippen MR) is 92.1 cm³/mol. The maximum Gasteiger partial charge on any atom is 0.234 e. The average molecular weight is 336 g/mol. The monoisotopic (exact) mass is 336 g/mol. The molecule has 0 radical (unpaired) electrons. The number of oxazole rings is 1. The number of nitrogens with one attached hydrogen (secondary N) is 1. The van der Waals surface area contributed by atoms with Gasteiger partial charge in [0.2, 0.25) is 11.8 Å². The Balaban J connectivity index is 1.68. The SMILES string of the molecule is CC1(C)C(=O)Nc2cc3oc(-c4ccc5snnc5c4)nc3cc21. The van der Waals surface area contributed by atoms with Gasteiger partial charge in [0.25, 0.3) is 0 Å². The van der Waals surface area contributed by atoms with E-state index in [-0.39, 0.29) is 5.91 Å². The average Bonchev–Trinajstić information content (AvgIpc) is 3.23. The smallest absolute Gasteiger partial charge is 0.234 e. The fourth-order valence-corrected chi connectivity index (χ4v) is 3.57. The topological polar surface area (TPSA) is 80.9 Å². The summed E-state index contributed by atoms with van der Waals surface area (Å²) in [6.45, 7) is 3.81. The number of hydrogen-bond acceptors (Lipinski definition) is 6. The van der Waals surface area contributed by atoms with Gasteiger partial charge in [-0.1, -0.05) is 4.49 Å². The quantitative estimate of drug-likeness (QED) is 0.573. The third-order valence-corrected chi connectivity index (χ3v) is 5.22. The van der Waals surface area contributed by atoms with Gasteiger partial charge in [-0.25, -0.2) is 4.98 Å². The number of aromatic nitrogens is 3. The Labute approximate surface area is 140 Å². The summed E-state index contributed by atoms with van der Waals surface area (Å²) in [4.78, 5) is 16.7. The maximum atomic E-state index is 12.1. The van der Waals surface area contributed by atoms with Crippen LogP contribution in [0.5, 0.6) is 0 Å². The van der Waals surface area contributed by atoms with Crippen molar-refractivity contribution in [1.82, 2.24) is 14.6 Å². The zero-order chi connectivity index (χ0) is 16.5. The van der Waals surface area contributed by atoms with Crippen molar-refractivity contribution >= 4 is 44.4 Å². The molecule has 2 aromatic carbocycles. The van der Waals surface area contributed by atoms with Crippen LogP contribution in [-0.2, 0) is 10.2 Å². The third kappa shape index (κ3) is 1.75. The molecule has 5 rings (SSSR count). The lowest BCUT2D eigenvalue weighted by Crippen LogP contribution is -2.26. The van der Waals surface area contributed by atoms with E-state index in [2.05, 4.69) is 19.9 Å². The third-order valence-electron chi connectivity index (χ3n) is 4.51. The summed E-state index contributed by atoms with van der Waals surface area (Å²) < 4.78 is 10.9. The second-order valence-corrected chi connectivity index (χ2v) is 7.20. The van der Waals surface area contributed by atoms with Gasteiger partial charge in [0.05, 0.1) is 10.1 Å². The molecule has 118 valence electrons. The number of amides is 1. The van der Waals surface area contributed by atoms with Crippen molar-refractivity contribution in [1.29, 1.82) is 0 Å². The molecule has 0 unspecified atom stereocenters. The van der Waals surface area contributed by atoms with Crippen LogP contribution in [0.15, 0.2) is 34.7 Å². The van der Waals surface area contributed by atoms with Crippen molar-refractivity contribution in [2.75, 3.05) is 5.32 Å². The fraction of sp³-hybridized carbons (Fsp3) is 0.176. The second kappa shape index (κ2) is 4.39. The molecule has 0 saturated carbocycles. The number of anilines is 1. The van der Waals surface area contributed by atoms with Crippen molar-refractivity contribution in [3.05, 3.63) is 35.9 Å². The molecule has 0 bridgehead atoms. The van der Waals surface area contributed by atoms with Gasteiger partial charge < -0.3 is 9.73 Å². The largest absolute Gasteiger partial charge is 0.436 e. The number of carbonyl (C=O) groups is 1. The van der Waals surface area contributed by atoms with Crippen molar-refractivity contribution in [2.45, 2.75) is 19.3 Å². The highest BCUT2D eigenvalue weighted by Gasteiger charge is 2.39. The minimum Gasteiger partial charge on any atom is -0.436 e. The Morgan fingerprint density at radius 2 is 2.04 bits per heavy atom. The van der Waals surface area contributed by atoms with Crippen molar-refractivity contribution in [3.63, 3.8) is 0 Å². The van der Waals surface area contributed by atoms with Gasteiger partial charge in [0.15, 0.2) is 5.58 Å². The van der Waals surface area contributed by atoms with Crippen LogP contribution in [0.1, 0.15) is 19.4 Å². The van der Waals surface area contributed by atoms with Crippen LogP contribution in [0.2, 0.25) is 0 Å². The molecule has 0 saturated heterocycles. The first kappa shape index (κ1) is 13.6. The lowest BCUT2D eigenvalue weighted by Gasteiger charge is -2.14. The molecule has 6 nitrogen and oxygen atoms in total. The first-order valence-electron chi connectivity index (χ1n) is 7.51. The molecule has 24 heavy (non-hydrogen) atoms. The number of carbonyl (C=O) groups excluding carboxylic acids is 1. The van der Waals surface area contributed by atoms with Crippen LogP contribution in [0.4, 0.5) is 5.69 Å². The molecule has 0 spiro atoms. The highest BCUT2D eigenvalue weighted by atomic mass is 32.1. The zero-order valence-electron chi connectivity index (χ0n) is 13.0. The van der Waals surface area contributed by atoms with Crippen LogP contribution in [-0.4, -0.2) is 20.5 Å². The molecule has 3 heterocycles. The van der Waals surface area contributed by atoms with E-state index in [0.29, 0.717) is 11.5 Å². The Hall–Kier alpha value is -2.80. The van der Waals surface area contributed by atoms with Crippen molar-refractivity contribution < 1.29 is 9.21 Å². The summed E-state index contributed by atoms with van der Waals surface area (Å²) in [5, 5.41) is 6.99. The summed E-state index contributed by atoms with van der Waals surface area (Å²) in [7, 11) is 0. The van der Waals surface area contributed by atoms with Crippen molar-refractivity contribution in [2.24, 2.45) is 0 Å². The van der Waals surface area contributed by atoms with E-state index < -0.39 is 5.41 Å². The molecule has 1 aliphatic rings. The molecule has 7 heteroatoms. The van der Waals surface area contributed by atoms with E-state index in [1.54, 1.807) is 0 Å². The molecule has 0 atom stereocenters. The minimum absolute atomic E-state index is 0.00754. The van der Waals surface area contributed by atoms with Crippen LogP contribution in [0.3, 0.4) is 0 Å². The number of rotatable bonds is 1. The standard InChI is InChI=1S/C17H12N4O2S/c1-17(2)9-6-11-13(7-10(9)19-16(17)22)23-15(18-11)8-3-4-14-12(5-8)20-21-24-14/h3-7H,1-2H3,(H,19,22). The predicted octanol–water partition coefficient (Wildman–Crippen LogP) is 3.73. The normalized spacial score (nSPS) is 15.8. The molecule has 0 aliphatic carbocycles. The molecular weight excluding hydrogens is 324 g/mol. The first-order valence-corrected chi connectivity index (χ1v) is 8.29. The lowest BCUT2D eigenvalue weighted by atomic mass is 9.86. The lowest BCUT2D eigenvalue weighted by molar-refractivity contribution is -0.119.